The smallest absolute Gasteiger partial charge is 0.338 e. The van der Waals surface area contributed by atoms with Gasteiger partial charge in [-0.2, -0.15) is 0 Å². The standard InChI is InChI=1S/C28H22BrN3O7S/c1-4-38-27(34)24-15(2)30-28-31(25(24)17-7-11-22(37-3)20(29)13-17)26(33)23(40-28)14-19-10-12-21(39-19)16-5-8-18(9-6-16)32(35)36/h5-14,25H,4H2,1-3H3/b23-14-. The summed E-state index contributed by atoms with van der Waals surface area (Å²) in [6, 6.07) is 14.0. The Balaban J connectivity index is 1.61. The van der Waals surface area contributed by atoms with Gasteiger partial charge in [0.25, 0.3) is 11.2 Å². The Hall–Kier alpha value is -4.29. The van der Waals surface area contributed by atoms with E-state index >= 15 is 0 Å². The number of nitro groups is 1. The molecule has 0 N–H and O–H groups in total. The summed E-state index contributed by atoms with van der Waals surface area (Å²) >= 11 is 4.68. The molecule has 10 nitrogen and oxygen atoms in total. The van der Waals surface area contributed by atoms with Gasteiger partial charge in [0.2, 0.25) is 0 Å². The normalized spacial score (nSPS) is 15.0. The number of nitro benzene ring substituents is 1. The van der Waals surface area contributed by atoms with Crippen LogP contribution < -0.4 is 19.6 Å². The van der Waals surface area contributed by atoms with E-state index in [1.54, 1.807) is 63.4 Å². The number of furan rings is 1. The zero-order valence-electron chi connectivity index (χ0n) is 21.5. The van der Waals surface area contributed by atoms with Crippen molar-refractivity contribution in [1.29, 1.82) is 0 Å². The van der Waals surface area contributed by atoms with Crippen LogP contribution in [-0.2, 0) is 9.53 Å². The first-order chi connectivity index (χ1) is 19.2. The third kappa shape index (κ3) is 5.03. The third-order valence-corrected chi connectivity index (χ3v) is 7.87. The lowest BCUT2D eigenvalue weighted by Gasteiger charge is -2.25. The topological polar surface area (TPSA) is 126 Å². The third-order valence-electron chi connectivity index (χ3n) is 6.27. The molecular formula is C28H22BrN3O7S. The van der Waals surface area contributed by atoms with Crippen molar-refractivity contribution in [2.75, 3.05) is 13.7 Å². The fourth-order valence-electron chi connectivity index (χ4n) is 4.42. The molecule has 12 heteroatoms. The van der Waals surface area contributed by atoms with Gasteiger partial charge in [0.15, 0.2) is 4.80 Å². The van der Waals surface area contributed by atoms with Gasteiger partial charge in [-0.15, -0.1) is 0 Å². The first-order valence-electron chi connectivity index (χ1n) is 12.1. The van der Waals surface area contributed by atoms with E-state index in [1.807, 2.05) is 6.07 Å². The van der Waals surface area contributed by atoms with Crippen molar-refractivity contribution in [2.24, 2.45) is 4.99 Å². The number of benzene rings is 2. The molecular weight excluding hydrogens is 602 g/mol. The number of thiazole rings is 1. The van der Waals surface area contributed by atoms with E-state index in [2.05, 4.69) is 20.9 Å². The molecule has 1 aliphatic heterocycles. The average Bonchev–Trinajstić information content (AvgIpc) is 3.52. The summed E-state index contributed by atoms with van der Waals surface area (Å²) in [5.41, 5.74) is 1.71. The number of fused-ring (bicyclic) bond motifs is 1. The molecule has 0 amide bonds. The number of non-ortho nitro benzene ring substituents is 1. The minimum absolute atomic E-state index is 0.0208. The van der Waals surface area contributed by atoms with Crippen LogP contribution in [0.3, 0.4) is 0 Å². The number of esters is 1. The summed E-state index contributed by atoms with van der Waals surface area (Å²) in [4.78, 5) is 42.3. The first kappa shape index (κ1) is 27.3. The van der Waals surface area contributed by atoms with Gasteiger partial charge in [-0.1, -0.05) is 17.4 Å². The summed E-state index contributed by atoms with van der Waals surface area (Å²) < 4.78 is 19.1. The predicted octanol–water partition coefficient (Wildman–Crippen LogP) is 4.74. The minimum Gasteiger partial charge on any atom is -0.496 e. The van der Waals surface area contributed by atoms with Gasteiger partial charge < -0.3 is 13.9 Å². The lowest BCUT2D eigenvalue weighted by Crippen LogP contribution is -2.39. The number of nitrogens with zero attached hydrogens (tertiary/aromatic N) is 3. The molecule has 0 saturated carbocycles. The van der Waals surface area contributed by atoms with Gasteiger partial charge in [-0.3, -0.25) is 19.5 Å². The Bertz CT molecular complexity index is 1850. The summed E-state index contributed by atoms with van der Waals surface area (Å²) in [7, 11) is 1.55. The van der Waals surface area contributed by atoms with Crippen LogP contribution in [0, 0.1) is 10.1 Å². The van der Waals surface area contributed by atoms with Crippen molar-refractivity contribution in [3.63, 3.8) is 0 Å². The summed E-state index contributed by atoms with van der Waals surface area (Å²) in [5, 5.41) is 10.9. The Morgan fingerprint density at radius 1 is 1.23 bits per heavy atom. The molecule has 5 rings (SSSR count). The molecule has 0 saturated heterocycles. The van der Waals surface area contributed by atoms with Crippen LogP contribution in [0.4, 0.5) is 5.69 Å². The molecule has 0 fully saturated rings. The van der Waals surface area contributed by atoms with Gasteiger partial charge >= 0.3 is 5.97 Å². The second kappa shape index (κ2) is 11.1. The molecule has 4 aromatic rings. The predicted molar refractivity (Wildman–Crippen MR) is 152 cm³/mol. The van der Waals surface area contributed by atoms with Gasteiger partial charge in [0, 0.05) is 23.8 Å². The summed E-state index contributed by atoms with van der Waals surface area (Å²) in [6.07, 6.45) is 1.61. The fraction of sp³-hybridized carbons (Fsp3) is 0.179. The Kier molecular flexibility index (Phi) is 7.55. The maximum atomic E-state index is 13.8. The van der Waals surface area contributed by atoms with Crippen molar-refractivity contribution in [3.05, 3.63) is 111 Å². The van der Waals surface area contributed by atoms with Crippen LogP contribution in [0.25, 0.3) is 17.4 Å². The average molecular weight is 624 g/mol. The first-order valence-corrected chi connectivity index (χ1v) is 13.7. The number of rotatable bonds is 7. The number of hydrogen-bond donors (Lipinski definition) is 0. The second-order valence-corrected chi connectivity index (χ2v) is 10.6. The number of carbonyl (C=O) groups is 1. The number of halogens is 1. The minimum atomic E-state index is -0.771. The van der Waals surface area contributed by atoms with Crippen LogP contribution >= 0.6 is 27.3 Å². The van der Waals surface area contributed by atoms with E-state index in [1.165, 1.54) is 28.0 Å². The van der Waals surface area contributed by atoms with E-state index in [0.29, 0.717) is 47.9 Å². The van der Waals surface area contributed by atoms with E-state index in [0.717, 1.165) is 0 Å². The number of methoxy groups -OCH3 is 1. The lowest BCUT2D eigenvalue weighted by molar-refractivity contribution is -0.384. The van der Waals surface area contributed by atoms with Crippen LogP contribution in [-0.4, -0.2) is 29.2 Å². The van der Waals surface area contributed by atoms with Crippen molar-refractivity contribution >= 4 is 45.0 Å². The van der Waals surface area contributed by atoms with Crippen LogP contribution in [0.2, 0.25) is 0 Å². The molecule has 1 aliphatic rings. The number of aromatic nitrogens is 1. The van der Waals surface area contributed by atoms with E-state index < -0.39 is 16.9 Å². The molecule has 0 bridgehead atoms. The zero-order chi connectivity index (χ0) is 28.6. The molecule has 2 aromatic carbocycles. The Labute approximate surface area is 239 Å². The van der Waals surface area contributed by atoms with Crippen molar-refractivity contribution in [1.82, 2.24) is 4.57 Å². The van der Waals surface area contributed by atoms with Gasteiger partial charge in [0.05, 0.1) is 45.0 Å². The molecule has 204 valence electrons. The summed E-state index contributed by atoms with van der Waals surface area (Å²) in [6.45, 7) is 3.61. The zero-order valence-corrected chi connectivity index (χ0v) is 23.9. The molecule has 0 spiro atoms. The van der Waals surface area contributed by atoms with Crippen LogP contribution in [0.1, 0.15) is 31.2 Å². The van der Waals surface area contributed by atoms with Gasteiger partial charge in [0.1, 0.15) is 17.3 Å². The quantitative estimate of drug-likeness (QED) is 0.165. The lowest BCUT2D eigenvalue weighted by atomic mass is 9.96. The highest BCUT2D eigenvalue weighted by Gasteiger charge is 2.33. The van der Waals surface area contributed by atoms with Crippen molar-refractivity contribution in [3.8, 4) is 17.1 Å². The maximum Gasteiger partial charge on any atom is 0.338 e. The van der Waals surface area contributed by atoms with Crippen LogP contribution in [0.5, 0.6) is 5.75 Å². The SMILES string of the molecule is CCOC(=O)C1=C(C)N=c2s/c(=C\c3ccc(-c4ccc([N+](=O)[O-])cc4)o3)c(=O)n2C1c1ccc(OC)c(Br)c1. The van der Waals surface area contributed by atoms with E-state index in [4.69, 9.17) is 13.9 Å². The molecule has 0 aliphatic carbocycles. The largest absolute Gasteiger partial charge is 0.496 e. The monoisotopic (exact) mass is 623 g/mol. The van der Waals surface area contributed by atoms with Gasteiger partial charge in [-0.25, -0.2) is 9.79 Å². The van der Waals surface area contributed by atoms with Crippen molar-refractivity contribution < 1.29 is 23.6 Å². The second-order valence-electron chi connectivity index (χ2n) is 8.70. The Morgan fingerprint density at radius 2 is 1.98 bits per heavy atom. The Morgan fingerprint density at radius 3 is 2.62 bits per heavy atom. The fourth-order valence-corrected chi connectivity index (χ4v) is 6.01. The number of carbonyl (C=O) groups excluding carboxylic acids is 1. The molecule has 40 heavy (non-hydrogen) atoms. The molecule has 3 heterocycles. The molecule has 0 radical (unpaired) electrons. The highest BCUT2D eigenvalue weighted by atomic mass is 79.9. The summed E-state index contributed by atoms with van der Waals surface area (Å²) in [5.74, 6) is 0.976. The molecule has 1 unspecified atom stereocenters. The van der Waals surface area contributed by atoms with E-state index in [-0.39, 0.29) is 23.4 Å². The highest BCUT2D eigenvalue weighted by Crippen LogP contribution is 2.35. The molecule has 2 aromatic heterocycles. The van der Waals surface area contributed by atoms with Gasteiger partial charge in [-0.05, 0) is 71.7 Å². The number of hydrogen-bond acceptors (Lipinski definition) is 9. The number of allylic oxidation sites excluding steroid dienone is 1. The van der Waals surface area contributed by atoms with Crippen molar-refractivity contribution in [2.45, 2.75) is 19.9 Å². The maximum absolute atomic E-state index is 13.8. The molecule has 1 atom stereocenters. The highest BCUT2D eigenvalue weighted by molar-refractivity contribution is 9.10. The van der Waals surface area contributed by atoms with E-state index in [9.17, 15) is 19.7 Å². The van der Waals surface area contributed by atoms with Crippen LogP contribution in [0.15, 0.2) is 84.5 Å². The number of ether oxygens (including phenoxy) is 2.